The van der Waals surface area contributed by atoms with Crippen LogP contribution in [0.25, 0.3) is 0 Å². The van der Waals surface area contributed by atoms with Gasteiger partial charge in [0.1, 0.15) is 0 Å². The van der Waals surface area contributed by atoms with Gasteiger partial charge in [-0.25, -0.2) is 0 Å². The van der Waals surface area contributed by atoms with E-state index in [4.69, 9.17) is 11.6 Å². The quantitative estimate of drug-likeness (QED) is 0.191. The normalized spacial score (nSPS) is 56.9. The Labute approximate surface area is 268 Å². The third-order valence-electron chi connectivity index (χ3n) is 13.8. The third kappa shape index (κ3) is 5.08. The summed E-state index contributed by atoms with van der Waals surface area (Å²) in [5.74, 6) is 5.34. The minimum absolute atomic E-state index is 0. The van der Waals surface area contributed by atoms with Crippen LogP contribution in [0.4, 0.5) is 0 Å². The number of hydrogen-bond acceptors (Lipinski definition) is 8. The fourth-order valence-electron chi connectivity index (χ4n) is 12.0. The Morgan fingerprint density at radius 1 is 0.310 bits per heavy atom. The molecular formula is C32H55ClCoN8. The van der Waals surface area contributed by atoms with E-state index in [9.17, 15) is 0 Å². The molecule has 4 aliphatic carbocycles. The molecule has 8 bridgehead atoms. The van der Waals surface area contributed by atoms with Crippen LogP contribution in [0.15, 0.2) is 0 Å². The molecular weight excluding hydrogens is 591 g/mol. The first-order chi connectivity index (χ1) is 20.2. The molecule has 42 heavy (non-hydrogen) atoms. The van der Waals surface area contributed by atoms with Crippen molar-refractivity contribution in [3.05, 3.63) is 0 Å². The topological polar surface area (TPSA) is 96.2 Å². The molecule has 8 N–H and O–H groups in total. The summed E-state index contributed by atoms with van der Waals surface area (Å²) in [5, 5.41) is 33.8. The van der Waals surface area contributed by atoms with E-state index in [0.29, 0.717) is 78.7 Å². The fraction of sp³-hybridized carbons (Fsp3) is 1.00. The maximum Gasteiger partial charge on any atom is 0.0642 e. The number of fused-ring (bicyclic) bond motifs is 20. The molecule has 4 saturated carbocycles. The van der Waals surface area contributed by atoms with E-state index in [1.165, 1.54) is 89.9 Å². The van der Waals surface area contributed by atoms with Crippen LogP contribution in [0.3, 0.4) is 0 Å². The molecule has 1 radical (unpaired) electrons. The van der Waals surface area contributed by atoms with Crippen molar-refractivity contribution >= 4 is 11.6 Å². The summed E-state index contributed by atoms with van der Waals surface area (Å²) in [6.45, 7) is 0. The van der Waals surface area contributed by atoms with Crippen molar-refractivity contribution in [2.45, 2.75) is 151 Å². The van der Waals surface area contributed by atoms with Crippen molar-refractivity contribution in [3.8, 4) is 0 Å². The number of hydrogen-bond donors (Lipinski definition) is 8. The van der Waals surface area contributed by atoms with Crippen LogP contribution in [-0.2, 0) is 16.8 Å². The summed E-state index contributed by atoms with van der Waals surface area (Å²) in [6, 6.07) is 0. The molecule has 0 amide bonds. The molecule has 0 aromatic carbocycles. The van der Waals surface area contributed by atoms with Gasteiger partial charge in [-0.15, -0.1) is 11.6 Å². The Bertz CT molecular complexity index is 959. The Hall–Kier alpha value is 0.476. The molecule has 239 valence electrons. The second kappa shape index (κ2) is 12.3. The van der Waals surface area contributed by atoms with Crippen LogP contribution in [0, 0.1) is 47.3 Å². The summed E-state index contributed by atoms with van der Waals surface area (Å²) in [7, 11) is 0. The van der Waals surface area contributed by atoms with Crippen molar-refractivity contribution < 1.29 is 16.8 Å². The van der Waals surface area contributed by atoms with Gasteiger partial charge in [-0.1, -0.05) is 44.9 Å². The van der Waals surface area contributed by atoms with Gasteiger partial charge in [0.25, 0.3) is 0 Å². The van der Waals surface area contributed by atoms with Crippen molar-refractivity contribution in [2.75, 3.05) is 0 Å². The van der Waals surface area contributed by atoms with E-state index >= 15 is 0 Å². The Kier molecular flexibility index (Phi) is 8.71. The first-order valence-corrected chi connectivity index (χ1v) is 18.4. The molecule has 5 aliphatic heterocycles. The van der Waals surface area contributed by atoms with Crippen molar-refractivity contribution in [1.29, 1.82) is 0 Å². The van der Waals surface area contributed by atoms with E-state index in [2.05, 4.69) is 42.5 Å². The third-order valence-corrected chi connectivity index (χ3v) is 14.3. The summed E-state index contributed by atoms with van der Waals surface area (Å²) < 4.78 is 0. The molecule has 0 spiro atoms. The van der Waals surface area contributed by atoms with Gasteiger partial charge in [0.15, 0.2) is 0 Å². The van der Waals surface area contributed by atoms with E-state index in [1.54, 1.807) is 0 Å². The molecule has 9 aliphatic rings. The molecule has 17 atom stereocenters. The molecule has 9 rings (SSSR count). The van der Waals surface area contributed by atoms with Crippen molar-refractivity contribution in [2.24, 2.45) is 47.3 Å². The Morgan fingerprint density at radius 2 is 0.571 bits per heavy atom. The Balaban J connectivity index is 0.00000267. The Morgan fingerprint density at radius 3 is 0.905 bits per heavy atom. The maximum absolute atomic E-state index is 7.19. The average Bonchev–Trinajstić information content (AvgIpc) is 3.73. The minimum atomic E-state index is 0. The van der Waals surface area contributed by atoms with Crippen LogP contribution in [0.2, 0.25) is 0 Å². The zero-order valence-corrected chi connectivity index (χ0v) is 26.9. The van der Waals surface area contributed by atoms with E-state index in [0.717, 1.165) is 18.3 Å². The molecule has 5 saturated heterocycles. The second-order valence-corrected chi connectivity index (χ2v) is 16.2. The summed E-state index contributed by atoms with van der Waals surface area (Å²) in [4.78, 5) is 0. The zero-order chi connectivity index (χ0) is 27.1. The van der Waals surface area contributed by atoms with Gasteiger partial charge >= 0.3 is 0 Å². The van der Waals surface area contributed by atoms with Crippen molar-refractivity contribution in [3.63, 3.8) is 0 Å². The van der Waals surface area contributed by atoms with Gasteiger partial charge in [-0.3, -0.25) is 42.5 Å². The first-order valence-electron chi connectivity index (χ1n) is 17.9. The van der Waals surface area contributed by atoms with Gasteiger partial charge in [0, 0.05) is 28.1 Å². The van der Waals surface area contributed by atoms with Crippen LogP contribution in [0.1, 0.15) is 96.3 Å². The van der Waals surface area contributed by atoms with E-state index in [1.807, 2.05) is 0 Å². The molecule has 8 nitrogen and oxygen atoms in total. The standard InChI is InChI=1S/C32H55ClN8.Co/c33-23-15-7-14-22-24(23)32-40-30-21-13-6-5-12-20(21)28(38-30)36-26-17-9-2-1-8-16(17)25(34-26)35-27-18-10-3-4-11-19(18)29(37-27)39-31(22)41-32;/h16-32,34-41H,1-15H2;. The van der Waals surface area contributed by atoms with Gasteiger partial charge in [-0.2, -0.15) is 0 Å². The number of halogens is 1. The van der Waals surface area contributed by atoms with Crippen LogP contribution >= 0.6 is 11.6 Å². The summed E-state index contributed by atoms with van der Waals surface area (Å²) in [6.07, 6.45) is 22.9. The van der Waals surface area contributed by atoms with Gasteiger partial charge in [0.2, 0.25) is 0 Å². The fourth-order valence-corrected chi connectivity index (χ4v) is 12.5. The smallest absolute Gasteiger partial charge is 0.0642 e. The number of rotatable bonds is 0. The van der Waals surface area contributed by atoms with Crippen LogP contribution in [-0.4, -0.2) is 54.7 Å². The van der Waals surface area contributed by atoms with Gasteiger partial charge in [-0.05, 0) is 92.8 Å². The monoisotopic (exact) mass is 645 g/mol. The SMILES string of the molecule is ClC1CCCC2C3NC4NC(NC5NC(NC6NC(NC(N3)C12)C1CCCCC61)C1CCCCC51)C1CCCCC41.[Co]. The predicted octanol–water partition coefficient (Wildman–Crippen LogP) is 2.82. The number of nitrogens with one attached hydrogen (secondary N) is 8. The molecule has 17 unspecified atom stereocenters. The maximum atomic E-state index is 7.19. The predicted molar refractivity (Wildman–Crippen MR) is 162 cm³/mol. The second-order valence-electron chi connectivity index (χ2n) is 15.7. The number of alkyl halides is 1. The van der Waals surface area contributed by atoms with E-state index in [-0.39, 0.29) is 28.3 Å². The molecule has 5 heterocycles. The minimum Gasteiger partial charge on any atom is -0.286 e. The summed E-state index contributed by atoms with van der Waals surface area (Å²) in [5.41, 5.74) is 0. The molecule has 0 aromatic heterocycles. The molecule has 10 heteroatoms. The van der Waals surface area contributed by atoms with Crippen LogP contribution < -0.4 is 42.5 Å². The summed E-state index contributed by atoms with van der Waals surface area (Å²) >= 11 is 7.19. The van der Waals surface area contributed by atoms with Gasteiger partial charge < -0.3 is 0 Å². The first kappa shape index (κ1) is 29.9. The van der Waals surface area contributed by atoms with E-state index < -0.39 is 0 Å². The zero-order valence-electron chi connectivity index (χ0n) is 25.1. The van der Waals surface area contributed by atoms with Gasteiger partial charge in [0.05, 0.1) is 49.3 Å². The largest absolute Gasteiger partial charge is 0.286 e. The average molecular weight is 646 g/mol. The van der Waals surface area contributed by atoms with Crippen LogP contribution in [0.5, 0.6) is 0 Å². The molecule has 0 aromatic rings. The molecule has 9 fully saturated rings. The van der Waals surface area contributed by atoms with Crippen molar-refractivity contribution in [1.82, 2.24) is 42.5 Å².